The Morgan fingerprint density at radius 3 is 2.83 bits per heavy atom. The fourth-order valence-corrected chi connectivity index (χ4v) is 4.25. The molecule has 0 unspecified atom stereocenters. The van der Waals surface area contributed by atoms with Crippen LogP contribution in [0.5, 0.6) is 11.5 Å². The van der Waals surface area contributed by atoms with Crippen LogP contribution < -0.4 is 14.8 Å². The van der Waals surface area contributed by atoms with E-state index in [2.05, 4.69) is 42.2 Å². The van der Waals surface area contributed by atoms with Crippen molar-refractivity contribution < 1.29 is 14.3 Å². The van der Waals surface area contributed by atoms with Crippen molar-refractivity contribution in [3.8, 4) is 22.8 Å². The number of benzene rings is 2. The van der Waals surface area contributed by atoms with Gasteiger partial charge in [0.25, 0.3) is 0 Å². The second-order valence-corrected chi connectivity index (χ2v) is 8.47. The number of aromatic nitrogens is 1. The molecule has 0 fully saturated rings. The van der Waals surface area contributed by atoms with Crippen LogP contribution in [0.4, 0.5) is 5.13 Å². The average Bonchev–Trinajstić information content (AvgIpc) is 3.16. The van der Waals surface area contributed by atoms with Crippen molar-refractivity contribution >= 4 is 60.3 Å². The van der Waals surface area contributed by atoms with E-state index in [4.69, 9.17) is 9.47 Å². The molecule has 1 heterocycles. The van der Waals surface area contributed by atoms with Gasteiger partial charge in [-0.2, -0.15) is 0 Å². The zero-order valence-electron chi connectivity index (χ0n) is 15.7. The van der Waals surface area contributed by atoms with Gasteiger partial charge in [0.1, 0.15) is 0 Å². The topological polar surface area (TPSA) is 60.5 Å². The Bertz CT molecular complexity index is 1050. The van der Waals surface area contributed by atoms with E-state index in [-0.39, 0.29) is 5.91 Å². The first-order valence-corrected chi connectivity index (χ1v) is 11.2. The van der Waals surface area contributed by atoms with Gasteiger partial charge in [0.15, 0.2) is 16.6 Å². The highest BCUT2D eigenvalue weighted by Crippen LogP contribution is 2.37. The van der Waals surface area contributed by atoms with Gasteiger partial charge in [0, 0.05) is 21.5 Å². The number of nitrogens with one attached hydrogen (secondary N) is 1. The van der Waals surface area contributed by atoms with Crippen LogP contribution in [0.3, 0.4) is 0 Å². The monoisotopic (exact) mass is 536 g/mol. The molecule has 2 aromatic carbocycles. The van der Waals surface area contributed by atoms with Gasteiger partial charge in [-0.15, -0.1) is 11.3 Å². The van der Waals surface area contributed by atoms with Crippen LogP contribution in [0.2, 0.25) is 0 Å². The van der Waals surface area contributed by atoms with Crippen molar-refractivity contribution in [2.75, 3.05) is 19.0 Å². The summed E-state index contributed by atoms with van der Waals surface area (Å²) in [5, 5.41) is 5.25. The molecule has 0 radical (unpaired) electrons. The minimum absolute atomic E-state index is 0.260. The van der Waals surface area contributed by atoms with Gasteiger partial charge in [-0.05, 0) is 58.8 Å². The molecule has 0 atom stereocenters. The quantitative estimate of drug-likeness (QED) is 0.354. The van der Waals surface area contributed by atoms with E-state index >= 15 is 0 Å². The first-order chi connectivity index (χ1) is 14.0. The Labute approximate surface area is 190 Å². The van der Waals surface area contributed by atoms with E-state index in [9.17, 15) is 4.79 Å². The van der Waals surface area contributed by atoms with Crippen molar-refractivity contribution in [2.24, 2.45) is 0 Å². The van der Waals surface area contributed by atoms with Crippen molar-refractivity contribution in [1.82, 2.24) is 4.98 Å². The lowest BCUT2D eigenvalue weighted by molar-refractivity contribution is -0.111. The van der Waals surface area contributed by atoms with Gasteiger partial charge >= 0.3 is 0 Å². The third kappa shape index (κ3) is 5.68. The van der Waals surface area contributed by atoms with E-state index in [0.717, 1.165) is 25.8 Å². The average molecular weight is 538 g/mol. The number of ether oxygens (including phenoxy) is 2. The second kappa shape index (κ2) is 10.0. The first-order valence-electron chi connectivity index (χ1n) is 8.71. The number of carbonyl (C=O) groups is 1. The summed E-state index contributed by atoms with van der Waals surface area (Å²) in [6.45, 7) is 2.44. The molecule has 29 heavy (non-hydrogen) atoms. The van der Waals surface area contributed by atoms with Crippen LogP contribution in [0.1, 0.15) is 12.5 Å². The number of thiazole rings is 1. The third-order valence-corrected chi connectivity index (χ3v) is 5.66. The van der Waals surface area contributed by atoms with E-state index in [1.54, 1.807) is 13.2 Å². The van der Waals surface area contributed by atoms with E-state index in [1.165, 1.54) is 17.4 Å². The Balaban J connectivity index is 1.70. The van der Waals surface area contributed by atoms with E-state index < -0.39 is 0 Å². The molecule has 3 rings (SSSR count). The van der Waals surface area contributed by atoms with Crippen molar-refractivity contribution in [3.63, 3.8) is 0 Å². The molecule has 0 saturated carbocycles. The predicted molar refractivity (Wildman–Crippen MR) is 125 cm³/mol. The van der Waals surface area contributed by atoms with Crippen LogP contribution in [0.15, 0.2) is 56.8 Å². The fraction of sp³-hybridized carbons (Fsp3) is 0.143. The van der Waals surface area contributed by atoms with Gasteiger partial charge in [-0.3, -0.25) is 10.1 Å². The number of amides is 1. The minimum atomic E-state index is -0.260. The Morgan fingerprint density at radius 2 is 2.10 bits per heavy atom. The summed E-state index contributed by atoms with van der Waals surface area (Å²) in [6, 6.07) is 11.5. The lowest BCUT2D eigenvalue weighted by Crippen LogP contribution is -2.07. The molecular weight excluding hydrogens is 520 g/mol. The summed E-state index contributed by atoms with van der Waals surface area (Å²) in [4.78, 5) is 16.8. The maximum absolute atomic E-state index is 12.3. The maximum Gasteiger partial charge on any atom is 0.250 e. The molecule has 0 saturated heterocycles. The summed E-state index contributed by atoms with van der Waals surface area (Å²) >= 11 is 8.31. The molecule has 0 aliphatic rings. The van der Waals surface area contributed by atoms with Gasteiger partial charge < -0.3 is 9.47 Å². The standard InChI is InChI=1S/C21H18Br2N2O3S/c1-3-28-20-16(23)9-13(10-18(20)27-2)7-8-19(26)25-21-24-17(12-29-21)14-5-4-6-15(22)11-14/h4-12H,3H2,1-2H3,(H,24,25,26). The first kappa shape index (κ1) is 21.5. The number of methoxy groups -OCH3 is 1. The molecule has 1 aromatic heterocycles. The Kier molecular flexibility index (Phi) is 7.46. The molecule has 1 N–H and O–H groups in total. The number of hydrogen-bond acceptors (Lipinski definition) is 5. The molecular formula is C21H18Br2N2O3S. The molecule has 0 aliphatic carbocycles. The van der Waals surface area contributed by atoms with Gasteiger partial charge in [0.2, 0.25) is 5.91 Å². The summed E-state index contributed by atoms with van der Waals surface area (Å²) in [5.74, 6) is 0.975. The summed E-state index contributed by atoms with van der Waals surface area (Å²) in [5.41, 5.74) is 2.61. The molecule has 5 nitrogen and oxygen atoms in total. The van der Waals surface area contributed by atoms with Crippen LogP contribution >= 0.6 is 43.2 Å². The summed E-state index contributed by atoms with van der Waals surface area (Å²) in [7, 11) is 1.58. The van der Waals surface area contributed by atoms with Crippen LogP contribution in [0.25, 0.3) is 17.3 Å². The number of nitrogens with zero attached hydrogens (tertiary/aromatic N) is 1. The Morgan fingerprint density at radius 1 is 1.28 bits per heavy atom. The zero-order chi connectivity index (χ0) is 20.8. The lowest BCUT2D eigenvalue weighted by Gasteiger charge is -2.12. The molecule has 3 aromatic rings. The normalized spacial score (nSPS) is 10.9. The van der Waals surface area contributed by atoms with Gasteiger partial charge in [-0.25, -0.2) is 4.98 Å². The van der Waals surface area contributed by atoms with Crippen molar-refractivity contribution in [2.45, 2.75) is 6.92 Å². The minimum Gasteiger partial charge on any atom is -0.493 e. The third-order valence-electron chi connectivity index (χ3n) is 3.82. The SMILES string of the molecule is CCOc1c(Br)cc(C=CC(=O)Nc2nc(-c3cccc(Br)c3)cs2)cc1OC. The molecule has 0 spiro atoms. The number of hydrogen-bond donors (Lipinski definition) is 1. The number of anilines is 1. The molecule has 8 heteroatoms. The molecule has 0 aliphatic heterocycles. The number of carbonyl (C=O) groups excluding carboxylic acids is 1. The van der Waals surface area contributed by atoms with E-state index in [0.29, 0.717) is 23.2 Å². The largest absolute Gasteiger partial charge is 0.493 e. The highest BCUT2D eigenvalue weighted by molar-refractivity contribution is 9.10. The molecule has 0 bridgehead atoms. The maximum atomic E-state index is 12.3. The summed E-state index contributed by atoms with van der Waals surface area (Å²) in [6.07, 6.45) is 3.17. The van der Waals surface area contributed by atoms with Crippen LogP contribution in [-0.4, -0.2) is 24.6 Å². The number of rotatable bonds is 7. The highest BCUT2D eigenvalue weighted by Gasteiger charge is 2.11. The zero-order valence-corrected chi connectivity index (χ0v) is 19.7. The van der Waals surface area contributed by atoms with Crippen LogP contribution in [0, 0.1) is 0 Å². The fourth-order valence-electron chi connectivity index (χ4n) is 2.55. The van der Waals surface area contributed by atoms with Gasteiger partial charge in [0.05, 0.1) is 23.9 Å². The van der Waals surface area contributed by atoms with E-state index in [1.807, 2.05) is 48.7 Å². The second-order valence-electron chi connectivity index (χ2n) is 5.84. The highest BCUT2D eigenvalue weighted by atomic mass is 79.9. The lowest BCUT2D eigenvalue weighted by atomic mass is 10.2. The Hall–Kier alpha value is -2.16. The summed E-state index contributed by atoms with van der Waals surface area (Å²) < 4.78 is 12.7. The predicted octanol–water partition coefficient (Wildman–Crippen LogP) is 6.39. The van der Waals surface area contributed by atoms with Gasteiger partial charge in [-0.1, -0.05) is 28.1 Å². The molecule has 1 amide bonds. The van der Waals surface area contributed by atoms with Crippen molar-refractivity contribution in [3.05, 3.63) is 62.4 Å². The number of halogens is 2. The smallest absolute Gasteiger partial charge is 0.250 e. The van der Waals surface area contributed by atoms with Crippen molar-refractivity contribution in [1.29, 1.82) is 0 Å². The molecule has 150 valence electrons. The van der Waals surface area contributed by atoms with Crippen LogP contribution in [-0.2, 0) is 4.79 Å².